The van der Waals surface area contributed by atoms with Crippen LogP contribution in [0.1, 0.15) is 24.7 Å². The fourth-order valence-electron chi connectivity index (χ4n) is 2.47. The number of aliphatic imine (C=N–C) groups is 1. The molecule has 26 heavy (non-hydrogen) atoms. The van der Waals surface area contributed by atoms with Gasteiger partial charge in [0, 0.05) is 19.5 Å². The fourth-order valence-corrected chi connectivity index (χ4v) is 2.47. The van der Waals surface area contributed by atoms with Crippen molar-refractivity contribution in [2.24, 2.45) is 4.99 Å². The first kappa shape index (κ1) is 19.8. The Morgan fingerprint density at radius 1 is 1.23 bits per heavy atom. The van der Waals surface area contributed by atoms with Gasteiger partial charge in [0.2, 0.25) is 0 Å². The smallest absolute Gasteiger partial charge is 0.191 e. The van der Waals surface area contributed by atoms with Gasteiger partial charge in [-0.3, -0.25) is 4.99 Å². The van der Waals surface area contributed by atoms with Crippen LogP contribution in [0, 0.1) is 0 Å². The highest BCUT2D eigenvalue weighted by Gasteiger charge is 2.07. The van der Waals surface area contributed by atoms with Gasteiger partial charge in [-0.05, 0) is 42.7 Å². The van der Waals surface area contributed by atoms with Crippen LogP contribution in [0.2, 0.25) is 0 Å². The molecule has 0 saturated carbocycles. The summed E-state index contributed by atoms with van der Waals surface area (Å²) in [4.78, 5) is 4.60. The summed E-state index contributed by atoms with van der Waals surface area (Å²) in [5.74, 6) is 2.49. The van der Waals surface area contributed by atoms with E-state index < -0.39 is 0 Å². The summed E-state index contributed by atoms with van der Waals surface area (Å²) in [5, 5.41) is 16.0. The summed E-state index contributed by atoms with van der Waals surface area (Å²) in [6.45, 7) is 3.48. The van der Waals surface area contributed by atoms with Crippen molar-refractivity contribution in [1.29, 1.82) is 0 Å². The van der Waals surface area contributed by atoms with Crippen LogP contribution in [0.25, 0.3) is 0 Å². The fraction of sp³-hybridized carbons (Fsp3) is 0.450. The first-order valence-corrected chi connectivity index (χ1v) is 9.06. The number of aliphatic hydroxyl groups excluding tert-OH is 1. The van der Waals surface area contributed by atoms with E-state index in [1.807, 2.05) is 31.2 Å². The molecule has 0 aliphatic carbocycles. The molecule has 0 saturated heterocycles. The minimum Gasteiger partial charge on any atom is -0.497 e. The third-order valence-corrected chi connectivity index (χ3v) is 4.13. The SMILES string of the molecule is CC[C@H](CO)NC(=NCCc1ccco1)NCCc1ccc(OC)cc1. The first-order valence-electron chi connectivity index (χ1n) is 9.06. The number of aliphatic hydroxyl groups is 1. The number of hydrogen-bond acceptors (Lipinski definition) is 4. The minimum atomic E-state index is -0.00847. The van der Waals surface area contributed by atoms with Crippen molar-refractivity contribution in [3.63, 3.8) is 0 Å². The molecule has 1 atom stereocenters. The lowest BCUT2D eigenvalue weighted by molar-refractivity contribution is 0.251. The molecule has 1 aromatic heterocycles. The first-order chi connectivity index (χ1) is 12.7. The number of nitrogens with one attached hydrogen (secondary N) is 2. The van der Waals surface area contributed by atoms with Gasteiger partial charge in [-0.15, -0.1) is 0 Å². The lowest BCUT2D eigenvalue weighted by atomic mass is 10.1. The molecule has 0 fully saturated rings. The highest BCUT2D eigenvalue weighted by molar-refractivity contribution is 5.80. The Morgan fingerprint density at radius 2 is 2.04 bits per heavy atom. The number of guanidine groups is 1. The normalized spacial score (nSPS) is 12.7. The summed E-state index contributed by atoms with van der Waals surface area (Å²) >= 11 is 0. The topological polar surface area (TPSA) is 79.0 Å². The Hall–Kier alpha value is -2.47. The number of hydrogen-bond donors (Lipinski definition) is 3. The zero-order valence-electron chi connectivity index (χ0n) is 15.6. The van der Waals surface area contributed by atoms with E-state index in [0.717, 1.165) is 37.3 Å². The predicted molar refractivity (Wildman–Crippen MR) is 104 cm³/mol. The Morgan fingerprint density at radius 3 is 2.65 bits per heavy atom. The Bertz CT molecular complexity index is 635. The second-order valence-corrected chi connectivity index (χ2v) is 6.02. The van der Waals surface area contributed by atoms with Crippen LogP contribution in [0.4, 0.5) is 0 Å². The van der Waals surface area contributed by atoms with Crippen LogP contribution < -0.4 is 15.4 Å². The third-order valence-electron chi connectivity index (χ3n) is 4.13. The highest BCUT2D eigenvalue weighted by Crippen LogP contribution is 2.11. The molecule has 142 valence electrons. The van der Waals surface area contributed by atoms with E-state index >= 15 is 0 Å². The standard InChI is InChI=1S/C20H29N3O3/c1-3-17(15-24)23-20(22-13-11-19-5-4-14-26-19)21-12-10-16-6-8-18(25-2)9-7-16/h4-9,14,17,24H,3,10-13,15H2,1-2H3,(H2,21,22,23)/t17-/m1/s1. The summed E-state index contributed by atoms with van der Waals surface area (Å²) in [6, 6.07) is 11.9. The lowest BCUT2D eigenvalue weighted by Crippen LogP contribution is -2.45. The van der Waals surface area contributed by atoms with Crippen molar-refractivity contribution in [2.75, 3.05) is 26.8 Å². The van der Waals surface area contributed by atoms with Gasteiger partial charge in [0.15, 0.2) is 5.96 Å². The van der Waals surface area contributed by atoms with Crippen LogP contribution in [0.3, 0.4) is 0 Å². The second kappa shape index (κ2) is 11.2. The molecule has 2 rings (SSSR count). The molecule has 0 spiro atoms. The predicted octanol–water partition coefficient (Wildman–Crippen LogP) is 2.38. The molecule has 0 aliphatic rings. The Labute approximate surface area is 155 Å². The van der Waals surface area contributed by atoms with E-state index in [-0.39, 0.29) is 12.6 Å². The molecule has 1 aromatic carbocycles. The number of benzene rings is 1. The van der Waals surface area contributed by atoms with E-state index in [1.54, 1.807) is 13.4 Å². The minimum absolute atomic E-state index is 0.00847. The van der Waals surface area contributed by atoms with Crippen molar-refractivity contribution in [2.45, 2.75) is 32.2 Å². The zero-order chi connectivity index (χ0) is 18.6. The number of ether oxygens (including phenoxy) is 1. The molecular formula is C20H29N3O3. The maximum Gasteiger partial charge on any atom is 0.191 e. The van der Waals surface area contributed by atoms with Gasteiger partial charge in [0.05, 0.1) is 26.0 Å². The number of nitrogens with zero attached hydrogens (tertiary/aromatic N) is 1. The van der Waals surface area contributed by atoms with Crippen LogP contribution in [0.15, 0.2) is 52.1 Å². The summed E-state index contributed by atoms with van der Waals surface area (Å²) < 4.78 is 10.5. The molecule has 0 bridgehead atoms. The number of furan rings is 1. The van der Waals surface area contributed by atoms with E-state index in [0.29, 0.717) is 12.5 Å². The van der Waals surface area contributed by atoms with E-state index in [9.17, 15) is 5.11 Å². The van der Waals surface area contributed by atoms with Crippen LogP contribution in [-0.2, 0) is 12.8 Å². The molecule has 1 heterocycles. The molecule has 0 unspecified atom stereocenters. The Balaban J connectivity index is 1.86. The molecule has 0 radical (unpaired) electrons. The lowest BCUT2D eigenvalue weighted by Gasteiger charge is -2.18. The van der Waals surface area contributed by atoms with E-state index in [1.165, 1.54) is 5.56 Å². The van der Waals surface area contributed by atoms with Gasteiger partial charge in [0.25, 0.3) is 0 Å². The third kappa shape index (κ3) is 6.80. The molecule has 2 aromatic rings. The quantitative estimate of drug-likeness (QED) is 0.448. The number of methoxy groups -OCH3 is 1. The second-order valence-electron chi connectivity index (χ2n) is 6.02. The monoisotopic (exact) mass is 359 g/mol. The average molecular weight is 359 g/mol. The van der Waals surface area contributed by atoms with E-state index in [4.69, 9.17) is 9.15 Å². The molecule has 6 nitrogen and oxygen atoms in total. The van der Waals surface area contributed by atoms with Crippen LogP contribution in [0.5, 0.6) is 5.75 Å². The maximum absolute atomic E-state index is 9.43. The maximum atomic E-state index is 9.43. The van der Waals surface area contributed by atoms with Crippen molar-refractivity contribution < 1.29 is 14.3 Å². The van der Waals surface area contributed by atoms with Gasteiger partial charge in [-0.25, -0.2) is 0 Å². The highest BCUT2D eigenvalue weighted by atomic mass is 16.5. The average Bonchev–Trinajstić information content (AvgIpc) is 3.19. The molecule has 3 N–H and O–H groups in total. The molecule has 0 aliphatic heterocycles. The van der Waals surface area contributed by atoms with Crippen molar-refractivity contribution in [3.8, 4) is 5.75 Å². The largest absolute Gasteiger partial charge is 0.497 e. The van der Waals surface area contributed by atoms with E-state index in [2.05, 4.69) is 27.8 Å². The molecular weight excluding hydrogens is 330 g/mol. The van der Waals surface area contributed by atoms with Gasteiger partial charge in [-0.1, -0.05) is 19.1 Å². The van der Waals surface area contributed by atoms with Crippen LogP contribution in [-0.4, -0.2) is 43.9 Å². The van der Waals surface area contributed by atoms with Crippen molar-refractivity contribution in [3.05, 3.63) is 54.0 Å². The van der Waals surface area contributed by atoms with Crippen molar-refractivity contribution in [1.82, 2.24) is 10.6 Å². The molecule has 6 heteroatoms. The zero-order valence-corrected chi connectivity index (χ0v) is 15.6. The summed E-state index contributed by atoms with van der Waals surface area (Å²) in [5.41, 5.74) is 1.22. The van der Waals surface area contributed by atoms with Crippen molar-refractivity contribution >= 4 is 5.96 Å². The van der Waals surface area contributed by atoms with Gasteiger partial charge in [0.1, 0.15) is 11.5 Å². The molecule has 0 amide bonds. The van der Waals surface area contributed by atoms with Gasteiger partial charge >= 0.3 is 0 Å². The van der Waals surface area contributed by atoms with Crippen LogP contribution >= 0.6 is 0 Å². The van der Waals surface area contributed by atoms with Gasteiger partial charge < -0.3 is 24.9 Å². The Kier molecular flexibility index (Phi) is 8.55. The summed E-state index contributed by atoms with van der Waals surface area (Å²) in [6.07, 6.45) is 4.12. The van der Waals surface area contributed by atoms with Gasteiger partial charge in [-0.2, -0.15) is 0 Å². The summed E-state index contributed by atoms with van der Waals surface area (Å²) in [7, 11) is 1.67. The number of rotatable bonds is 10.